The molecule has 1 unspecified atom stereocenters. The van der Waals surface area contributed by atoms with Crippen molar-refractivity contribution >= 4 is 0 Å². The first-order valence-corrected chi connectivity index (χ1v) is 6.50. The van der Waals surface area contributed by atoms with Crippen LogP contribution in [0.15, 0.2) is 48.5 Å². The lowest BCUT2D eigenvalue weighted by atomic mass is 9.99. The lowest BCUT2D eigenvalue weighted by molar-refractivity contribution is 0.177. The maximum Gasteiger partial charge on any atom is 0.0830 e. The molecular formula is C17H20O2. The van der Waals surface area contributed by atoms with Gasteiger partial charge in [0.25, 0.3) is 0 Å². The van der Waals surface area contributed by atoms with Crippen LogP contribution in [0.2, 0.25) is 0 Å². The van der Waals surface area contributed by atoms with Crippen LogP contribution < -0.4 is 0 Å². The molecule has 2 heteroatoms. The minimum Gasteiger partial charge on any atom is -0.388 e. The molecule has 1 atom stereocenters. The quantitative estimate of drug-likeness (QED) is 0.888. The number of methoxy groups -OCH3 is 1. The summed E-state index contributed by atoms with van der Waals surface area (Å²) in [6, 6.07) is 16.2. The largest absolute Gasteiger partial charge is 0.388 e. The summed E-state index contributed by atoms with van der Waals surface area (Å²) in [7, 11) is 1.68. The molecular weight excluding hydrogens is 236 g/mol. The molecule has 1 N–H and O–H groups in total. The average molecular weight is 256 g/mol. The zero-order valence-electron chi connectivity index (χ0n) is 11.5. The smallest absolute Gasteiger partial charge is 0.0830 e. The summed E-state index contributed by atoms with van der Waals surface area (Å²) in [6.07, 6.45) is 0.184. The lowest BCUT2D eigenvalue weighted by Gasteiger charge is -2.12. The maximum absolute atomic E-state index is 10.3. The molecule has 19 heavy (non-hydrogen) atoms. The van der Waals surface area contributed by atoms with Crippen molar-refractivity contribution in [1.82, 2.24) is 0 Å². The molecule has 2 aromatic rings. The molecule has 0 bridgehead atoms. The minimum atomic E-state index is -0.460. The van der Waals surface area contributed by atoms with Gasteiger partial charge in [0.15, 0.2) is 0 Å². The molecule has 2 aromatic carbocycles. The van der Waals surface area contributed by atoms with Crippen molar-refractivity contribution in [3.8, 4) is 0 Å². The molecule has 0 amide bonds. The number of benzene rings is 2. The molecule has 0 spiro atoms. The fourth-order valence-corrected chi connectivity index (χ4v) is 2.18. The SMILES string of the molecule is COCc1ccc(C(O)Cc2cccc(C)c2)cc1. The Kier molecular flexibility index (Phi) is 4.72. The van der Waals surface area contributed by atoms with Gasteiger partial charge in [-0.25, -0.2) is 0 Å². The average Bonchev–Trinajstić information content (AvgIpc) is 2.40. The molecule has 0 fully saturated rings. The van der Waals surface area contributed by atoms with E-state index in [0.717, 1.165) is 16.7 Å². The van der Waals surface area contributed by atoms with Crippen molar-refractivity contribution < 1.29 is 9.84 Å². The Morgan fingerprint density at radius 3 is 2.42 bits per heavy atom. The third-order valence-electron chi connectivity index (χ3n) is 3.19. The van der Waals surface area contributed by atoms with Crippen molar-refractivity contribution in [3.05, 3.63) is 70.8 Å². The zero-order chi connectivity index (χ0) is 13.7. The van der Waals surface area contributed by atoms with Gasteiger partial charge < -0.3 is 9.84 Å². The van der Waals surface area contributed by atoms with Crippen LogP contribution in [-0.4, -0.2) is 12.2 Å². The predicted octanol–water partition coefficient (Wildman–Crippen LogP) is 3.42. The first-order valence-electron chi connectivity index (χ1n) is 6.50. The van der Waals surface area contributed by atoms with E-state index in [2.05, 4.69) is 25.1 Å². The van der Waals surface area contributed by atoms with E-state index in [4.69, 9.17) is 4.74 Å². The van der Waals surface area contributed by atoms with Crippen LogP contribution in [0.4, 0.5) is 0 Å². The van der Waals surface area contributed by atoms with Crippen molar-refractivity contribution in [2.24, 2.45) is 0 Å². The molecule has 0 heterocycles. The standard InChI is InChI=1S/C17H20O2/c1-13-4-3-5-15(10-13)11-17(18)16-8-6-14(7-9-16)12-19-2/h3-10,17-18H,11-12H2,1-2H3. The molecule has 0 aliphatic carbocycles. The topological polar surface area (TPSA) is 29.5 Å². The molecule has 0 saturated carbocycles. The van der Waals surface area contributed by atoms with Gasteiger partial charge in [0.1, 0.15) is 0 Å². The van der Waals surface area contributed by atoms with Crippen LogP contribution in [0.5, 0.6) is 0 Å². The Morgan fingerprint density at radius 1 is 1.05 bits per heavy atom. The number of aliphatic hydroxyl groups excluding tert-OH is 1. The number of aryl methyl sites for hydroxylation is 1. The third kappa shape index (κ3) is 3.91. The highest BCUT2D eigenvalue weighted by Gasteiger charge is 2.08. The Balaban J connectivity index is 2.05. The lowest BCUT2D eigenvalue weighted by Crippen LogP contribution is -2.02. The zero-order valence-corrected chi connectivity index (χ0v) is 11.5. The number of aliphatic hydroxyl groups is 1. The summed E-state index contributed by atoms with van der Waals surface area (Å²) >= 11 is 0. The van der Waals surface area contributed by atoms with E-state index < -0.39 is 6.10 Å². The van der Waals surface area contributed by atoms with Crippen LogP contribution in [0, 0.1) is 6.92 Å². The molecule has 100 valence electrons. The number of ether oxygens (including phenoxy) is 1. The number of hydrogen-bond donors (Lipinski definition) is 1. The Morgan fingerprint density at radius 2 is 1.79 bits per heavy atom. The molecule has 2 nitrogen and oxygen atoms in total. The van der Waals surface area contributed by atoms with Crippen molar-refractivity contribution in [2.75, 3.05) is 7.11 Å². The third-order valence-corrected chi connectivity index (χ3v) is 3.19. The minimum absolute atomic E-state index is 0.460. The van der Waals surface area contributed by atoms with Crippen LogP contribution in [0.1, 0.15) is 28.4 Å². The second-order valence-corrected chi connectivity index (χ2v) is 4.88. The van der Waals surface area contributed by atoms with Gasteiger partial charge in [0.2, 0.25) is 0 Å². The van der Waals surface area contributed by atoms with Gasteiger partial charge in [0, 0.05) is 13.5 Å². The molecule has 0 aliphatic heterocycles. The van der Waals surface area contributed by atoms with Crippen molar-refractivity contribution in [3.63, 3.8) is 0 Å². The summed E-state index contributed by atoms with van der Waals surface area (Å²) in [4.78, 5) is 0. The van der Waals surface area contributed by atoms with Crippen LogP contribution in [-0.2, 0) is 17.8 Å². The van der Waals surface area contributed by atoms with Gasteiger partial charge in [-0.1, -0.05) is 54.1 Å². The van der Waals surface area contributed by atoms with Gasteiger partial charge in [-0.3, -0.25) is 0 Å². The summed E-state index contributed by atoms with van der Waals surface area (Å²) in [6.45, 7) is 2.67. The molecule has 0 saturated heterocycles. The summed E-state index contributed by atoms with van der Waals surface area (Å²) < 4.78 is 5.07. The summed E-state index contributed by atoms with van der Waals surface area (Å²) in [5, 5.41) is 10.3. The van der Waals surface area contributed by atoms with Crippen LogP contribution in [0.3, 0.4) is 0 Å². The highest BCUT2D eigenvalue weighted by Crippen LogP contribution is 2.19. The van der Waals surface area contributed by atoms with Gasteiger partial charge >= 0.3 is 0 Å². The second-order valence-electron chi connectivity index (χ2n) is 4.88. The first-order chi connectivity index (χ1) is 9.19. The van der Waals surface area contributed by atoms with Crippen LogP contribution in [0.25, 0.3) is 0 Å². The predicted molar refractivity (Wildman–Crippen MR) is 77.0 cm³/mol. The maximum atomic E-state index is 10.3. The van der Waals surface area contributed by atoms with E-state index in [1.54, 1.807) is 7.11 Å². The second kappa shape index (κ2) is 6.50. The Labute approximate surface area is 114 Å². The highest BCUT2D eigenvalue weighted by molar-refractivity contribution is 5.27. The van der Waals surface area contributed by atoms with E-state index >= 15 is 0 Å². The molecule has 0 aromatic heterocycles. The van der Waals surface area contributed by atoms with Gasteiger partial charge in [0.05, 0.1) is 12.7 Å². The molecule has 2 rings (SSSR count). The van der Waals surface area contributed by atoms with Gasteiger partial charge in [-0.15, -0.1) is 0 Å². The van der Waals surface area contributed by atoms with E-state index in [1.807, 2.05) is 30.3 Å². The fraction of sp³-hybridized carbons (Fsp3) is 0.294. The molecule has 0 aliphatic rings. The van der Waals surface area contributed by atoms with Gasteiger partial charge in [-0.05, 0) is 23.6 Å². The number of hydrogen-bond acceptors (Lipinski definition) is 2. The van der Waals surface area contributed by atoms with E-state index in [0.29, 0.717) is 13.0 Å². The van der Waals surface area contributed by atoms with Gasteiger partial charge in [-0.2, -0.15) is 0 Å². The van der Waals surface area contributed by atoms with E-state index in [-0.39, 0.29) is 0 Å². The Bertz CT molecular complexity index is 517. The highest BCUT2D eigenvalue weighted by atomic mass is 16.5. The van der Waals surface area contributed by atoms with Crippen molar-refractivity contribution in [1.29, 1.82) is 0 Å². The van der Waals surface area contributed by atoms with E-state index in [1.165, 1.54) is 5.56 Å². The number of rotatable bonds is 5. The first kappa shape index (κ1) is 13.8. The molecule has 0 radical (unpaired) electrons. The summed E-state index contributed by atoms with van der Waals surface area (Å²) in [5.41, 5.74) is 4.45. The van der Waals surface area contributed by atoms with Crippen LogP contribution >= 0.6 is 0 Å². The van der Waals surface area contributed by atoms with Crippen molar-refractivity contribution in [2.45, 2.75) is 26.1 Å². The summed E-state index contributed by atoms with van der Waals surface area (Å²) in [5.74, 6) is 0. The monoisotopic (exact) mass is 256 g/mol. The van der Waals surface area contributed by atoms with E-state index in [9.17, 15) is 5.11 Å². The fourth-order valence-electron chi connectivity index (χ4n) is 2.18. The normalized spacial score (nSPS) is 12.4. The Hall–Kier alpha value is -1.64.